The van der Waals surface area contributed by atoms with Gasteiger partial charge in [0.05, 0.1) is 19.8 Å². The van der Waals surface area contributed by atoms with Crippen LogP contribution >= 0.6 is 0 Å². The average molecular weight is 204 g/mol. The standard InChI is InChI=1S/C13H16O2/c1-10-8-15-9-13(10)6-11-2-4-12(7-14)5-3-11/h2-5,13-14H,1,6-9H2. The first-order valence-corrected chi connectivity index (χ1v) is 5.23. The summed E-state index contributed by atoms with van der Waals surface area (Å²) >= 11 is 0. The van der Waals surface area contributed by atoms with Crippen LogP contribution in [-0.4, -0.2) is 18.3 Å². The third-order valence-corrected chi connectivity index (χ3v) is 2.87. The van der Waals surface area contributed by atoms with E-state index in [0.717, 1.165) is 18.6 Å². The molecule has 1 aliphatic heterocycles. The summed E-state index contributed by atoms with van der Waals surface area (Å²) < 4.78 is 5.35. The van der Waals surface area contributed by atoms with Gasteiger partial charge in [-0.3, -0.25) is 0 Å². The minimum atomic E-state index is 0.111. The van der Waals surface area contributed by atoms with Crippen LogP contribution in [0.4, 0.5) is 0 Å². The minimum absolute atomic E-state index is 0.111. The van der Waals surface area contributed by atoms with E-state index in [1.54, 1.807) is 0 Å². The van der Waals surface area contributed by atoms with Crippen molar-refractivity contribution in [1.29, 1.82) is 0 Å². The van der Waals surface area contributed by atoms with E-state index in [-0.39, 0.29) is 6.61 Å². The Morgan fingerprint density at radius 3 is 2.47 bits per heavy atom. The molecule has 1 atom stereocenters. The first kappa shape index (κ1) is 10.4. The second-order valence-electron chi connectivity index (χ2n) is 4.05. The molecule has 1 heterocycles. The maximum absolute atomic E-state index is 8.92. The molecule has 1 unspecified atom stereocenters. The Morgan fingerprint density at radius 1 is 1.27 bits per heavy atom. The zero-order valence-corrected chi connectivity index (χ0v) is 8.78. The molecule has 1 aromatic rings. The summed E-state index contributed by atoms with van der Waals surface area (Å²) in [5, 5.41) is 8.92. The lowest BCUT2D eigenvalue weighted by Crippen LogP contribution is -2.05. The van der Waals surface area contributed by atoms with Crippen LogP contribution in [0.15, 0.2) is 36.4 Å². The Kier molecular flexibility index (Phi) is 3.19. The molecule has 0 bridgehead atoms. The molecular weight excluding hydrogens is 188 g/mol. The highest BCUT2D eigenvalue weighted by atomic mass is 16.5. The molecule has 1 aromatic carbocycles. The number of aliphatic hydroxyl groups excluding tert-OH is 1. The van der Waals surface area contributed by atoms with E-state index in [4.69, 9.17) is 9.84 Å². The van der Waals surface area contributed by atoms with Gasteiger partial charge in [-0.25, -0.2) is 0 Å². The average Bonchev–Trinajstić information content (AvgIpc) is 2.66. The molecule has 0 aromatic heterocycles. The van der Waals surface area contributed by atoms with E-state index in [1.807, 2.05) is 12.1 Å². The Morgan fingerprint density at radius 2 is 1.93 bits per heavy atom. The molecule has 1 aliphatic rings. The highest BCUT2D eigenvalue weighted by Crippen LogP contribution is 2.22. The summed E-state index contributed by atoms with van der Waals surface area (Å²) in [6.07, 6.45) is 0.991. The van der Waals surface area contributed by atoms with E-state index in [1.165, 1.54) is 11.1 Å². The number of benzene rings is 1. The van der Waals surface area contributed by atoms with Gasteiger partial charge in [0.2, 0.25) is 0 Å². The van der Waals surface area contributed by atoms with E-state index in [2.05, 4.69) is 18.7 Å². The summed E-state index contributed by atoms with van der Waals surface area (Å²) in [5.74, 6) is 0.463. The van der Waals surface area contributed by atoms with Crippen LogP contribution in [0.2, 0.25) is 0 Å². The van der Waals surface area contributed by atoms with Gasteiger partial charge in [0.25, 0.3) is 0 Å². The fraction of sp³-hybridized carbons (Fsp3) is 0.385. The minimum Gasteiger partial charge on any atom is -0.392 e. The van der Waals surface area contributed by atoms with Gasteiger partial charge in [0.1, 0.15) is 0 Å². The van der Waals surface area contributed by atoms with Crippen LogP contribution in [0, 0.1) is 5.92 Å². The molecule has 0 radical (unpaired) electrons. The Balaban J connectivity index is 2.01. The molecule has 1 fully saturated rings. The van der Waals surface area contributed by atoms with Crippen LogP contribution in [0.25, 0.3) is 0 Å². The molecule has 0 amide bonds. The van der Waals surface area contributed by atoms with E-state index in [0.29, 0.717) is 12.5 Å². The van der Waals surface area contributed by atoms with Crippen molar-refractivity contribution in [2.45, 2.75) is 13.0 Å². The second-order valence-corrected chi connectivity index (χ2v) is 4.05. The van der Waals surface area contributed by atoms with Crippen molar-refractivity contribution in [2.24, 2.45) is 5.92 Å². The van der Waals surface area contributed by atoms with Crippen molar-refractivity contribution >= 4 is 0 Å². The van der Waals surface area contributed by atoms with Crippen molar-refractivity contribution in [2.75, 3.05) is 13.2 Å². The maximum Gasteiger partial charge on any atom is 0.0681 e. The molecule has 2 heteroatoms. The number of hydrogen-bond donors (Lipinski definition) is 1. The first-order valence-electron chi connectivity index (χ1n) is 5.23. The molecule has 0 saturated carbocycles. The fourth-order valence-corrected chi connectivity index (χ4v) is 1.84. The molecule has 80 valence electrons. The SMILES string of the molecule is C=C1COCC1Cc1ccc(CO)cc1. The summed E-state index contributed by atoms with van der Waals surface area (Å²) in [6.45, 7) is 5.61. The van der Waals surface area contributed by atoms with E-state index >= 15 is 0 Å². The number of aliphatic hydroxyl groups is 1. The highest BCUT2D eigenvalue weighted by Gasteiger charge is 2.19. The predicted octanol–water partition coefficient (Wildman–Crippen LogP) is 1.92. The third kappa shape index (κ3) is 2.46. The lowest BCUT2D eigenvalue weighted by Gasteiger charge is -2.09. The summed E-state index contributed by atoms with van der Waals surface area (Å²) in [5.41, 5.74) is 3.44. The van der Waals surface area contributed by atoms with E-state index in [9.17, 15) is 0 Å². The molecule has 2 rings (SSSR count). The smallest absolute Gasteiger partial charge is 0.0681 e. The van der Waals surface area contributed by atoms with Gasteiger partial charge < -0.3 is 9.84 Å². The molecule has 15 heavy (non-hydrogen) atoms. The zero-order valence-electron chi connectivity index (χ0n) is 8.78. The maximum atomic E-state index is 8.92. The molecular formula is C13H16O2. The number of rotatable bonds is 3. The van der Waals surface area contributed by atoms with Crippen LogP contribution in [-0.2, 0) is 17.8 Å². The Hall–Kier alpha value is -1.12. The van der Waals surface area contributed by atoms with Gasteiger partial charge in [0.15, 0.2) is 0 Å². The number of hydrogen-bond acceptors (Lipinski definition) is 2. The molecule has 1 saturated heterocycles. The quantitative estimate of drug-likeness (QED) is 0.762. The van der Waals surface area contributed by atoms with Crippen molar-refractivity contribution in [3.63, 3.8) is 0 Å². The summed E-state index contributed by atoms with van der Waals surface area (Å²) in [7, 11) is 0. The predicted molar refractivity (Wildman–Crippen MR) is 59.5 cm³/mol. The summed E-state index contributed by atoms with van der Waals surface area (Å²) in [4.78, 5) is 0. The molecule has 1 N–H and O–H groups in total. The Labute approximate surface area is 90.2 Å². The topological polar surface area (TPSA) is 29.5 Å². The lowest BCUT2D eigenvalue weighted by atomic mass is 9.95. The van der Waals surface area contributed by atoms with E-state index < -0.39 is 0 Å². The fourth-order valence-electron chi connectivity index (χ4n) is 1.84. The van der Waals surface area contributed by atoms with Crippen molar-refractivity contribution in [3.05, 3.63) is 47.5 Å². The van der Waals surface area contributed by atoms with Gasteiger partial charge in [-0.15, -0.1) is 0 Å². The Bertz CT molecular complexity index is 340. The van der Waals surface area contributed by atoms with Crippen LogP contribution in [0.5, 0.6) is 0 Å². The van der Waals surface area contributed by atoms with Crippen LogP contribution in [0.1, 0.15) is 11.1 Å². The normalized spacial score (nSPS) is 20.9. The second kappa shape index (κ2) is 4.60. The molecule has 0 aliphatic carbocycles. The largest absolute Gasteiger partial charge is 0.392 e. The molecule has 2 nitrogen and oxygen atoms in total. The lowest BCUT2D eigenvalue weighted by molar-refractivity contribution is 0.188. The van der Waals surface area contributed by atoms with Gasteiger partial charge in [-0.2, -0.15) is 0 Å². The summed E-state index contributed by atoms with van der Waals surface area (Å²) in [6, 6.07) is 8.07. The van der Waals surface area contributed by atoms with Gasteiger partial charge in [0, 0.05) is 5.92 Å². The van der Waals surface area contributed by atoms with Crippen molar-refractivity contribution in [3.8, 4) is 0 Å². The van der Waals surface area contributed by atoms with Gasteiger partial charge in [-0.05, 0) is 23.1 Å². The van der Waals surface area contributed by atoms with Crippen molar-refractivity contribution < 1.29 is 9.84 Å². The highest BCUT2D eigenvalue weighted by molar-refractivity contribution is 5.24. The monoisotopic (exact) mass is 204 g/mol. The van der Waals surface area contributed by atoms with Crippen LogP contribution in [0.3, 0.4) is 0 Å². The van der Waals surface area contributed by atoms with Gasteiger partial charge >= 0.3 is 0 Å². The van der Waals surface area contributed by atoms with Crippen molar-refractivity contribution in [1.82, 2.24) is 0 Å². The first-order chi connectivity index (χ1) is 7.29. The zero-order chi connectivity index (χ0) is 10.7. The van der Waals surface area contributed by atoms with Gasteiger partial charge in [-0.1, -0.05) is 30.8 Å². The molecule has 0 spiro atoms. The number of ether oxygens (including phenoxy) is 1. The third-order valence-electron chi connectivity index (χ3n) is 2.87. The van der Waals surface area contributed by atoms with Crippen LogP contribution < -0.4 is 0 Å².